The molecule has 3 rings (SSSR count). The molecule has 0 aliphatic carbocycles. The van der Waals surface area contributed by atoms with Crippen molar-refractivity contribution in [2.45, 2.75) is 38.8 Å². The van der Waals surface area contributed by atoms with E-state index in [0.717, 1.165) is 24.9 Å². The number of hydrogen-bond donors (Lipinski definition) is 1. The van der Waals surface area contributed by atoms with Crippen LogP contribution < -0.4 is 15.0 Å². The summed E-state index contributed by atoms with van der Waals surface area (Å²) in [6.45, 7) is 3.04. The third-order valence-electron chi connectivity index (χ3n) is 3.99. The first-order chi connectivity index (χ1) is 11.7. The number of aromatic nitrogens is 2. The summed E-state index contributed by atoms with van der Waals surface area (Å²) in [7, 11) is 1.61. The molecule has 1 aromatic heterocycles. The van der Waals surface area contributed by atoms with Crippen LogP contribution >= 0.6 is 0 Å². The number of unbranched alkanes of at least 4 members (excludes halogenated alkanes) is 1. The van der Waals surface area contributed by atoms with Crippen LogP contribution in [0, 0.1) is 0 Å². The predicted octanol–water partition coefficient (Wildman–Crippen LogP) is 1.93. The van der Waals surface area contributed by atoms with Crippen molar-refractivity contribution in [1.29, 1.82) is 0 Å². The molecule has 0 unspecified atom stereocenters. The molecule has 0 bridgehead atoms. The Labute approximate surface area is 141 Å². The van der Waals surface area contributed by atoms with Crippen LogP contribution in [-0.2, 0) is 17.8 Å². The predicted molar refractivity (Wildman–Crippen MR) is 88.9 cm³/mol. The zero-order chi connectivity index (χ0) is 16.9. The van der Waals surface area contributed by atoms with E-state index < -0.39 is 6.10 Å². The maximum absolute atomic E-state index is 12.0. The Balaban J connectivity index is 1.78. The van der Waals surface area contributed by atoms with Crippen LogP contribution in [0.1, 0.15) is 31.5 Å². The third kappa shape index (κ3) is 3.50. The van der Waals surface area contributed by atoms with E-state index in [1.54, 1.807) is 7.05 Å². The minimum absolute atomic E-state index is 0.147. The van der Waals surface area contributed by atoms with E-state index in [4.69, 9.17) is 9.26 Å². The third-order valence-corrected chi connectivity index (χ3v) is 3.99. The zero-order valence-corrected chi connectivity index (χ0v) is 14.0. The van der Waals surface area contributed by atoms with Crippen LogP contribution in [0.2, 0.25) is 0 Å². The van der Waals surface area contributed by atoms with Crippen molar-refractivity contribution in [1.82, 2.24) is 15.5 Å². The van der Waals surface area contributed by atoms with Gasteiger partial charge in [0.2, 0.25) is 5.89 Å². The normalized spacial score (nSPS) is 16.4. The van der Waals surface area contributed by atoms with Crippen molar-refractivity contribution in [3.05, 3.63) is 36.0 Å². The molecule has 2 aromatic rings. The maximum atomic E-state index is 12.0. The summed E-state index contributed by atoms with van der Waals surface area (Å²) in [5, 5.41) is 6.69. The van der Waals surface area contributed by atoms with Gasteiger partial charge in [0.05, 0.1) is 18.8 Å². The number of amides is 1. The van der Waals surface area contributed by atoms with Gasteiger partial charge >= 0.3 is 0 Å². The fraction of sp³-hybridized carbons (Fsp3) is 0.471. The summed E-state index contributed by atoms with van der Waals surface area (Å²) in [5.74, 6) is 1.82. The number of nitrogens with zero attached hydrogens (tertiary/aromatic N) is 3. The van der Waals surface area contributed by atoms with Gasteiger partial charge in [-0.1, -0.05) is 30.6 Å². The van der Waals surface area contributed by atoms with E-state index in [2.05, 4.69) is 22.4 Å². The minimum Gasteiger partial charge on any atom is -0.477 e. The highest BCUT2D eigenvalue weighted by Gasteiger charge is 2.30. The number of carbonyl (C=O) groups is 1. The number of likely N-dealkylation sites (N-methyl/N-ethyl adjacent to an activating group) is 1. The lowest BCUT2D eigenvalue weighted by Crippen LogP contribution is -2.48. The number of anilines is 1. The number of hydrogen-bond acceptors (Lipinski definition) is 6. The Morgan fingerprint density at radius 1 is 1.42 bits per heavy atom. The standard InChI is InChI=1S/C17H22N4O3/c1-3-4-9-16-19-15(20-24-16)11-21-10-14(17(22)18-2)23-13-8-6-5-7-12(13)21/h5-8,14H,3-4,9-11H2,1-2H3,(H,18,22)/t14-/m1/s1. The highest BCUT2D eigenvalue weighted by molar-refractivity contribution is 5.83. The molecule has 7 heteroatoms. The summed E-state index contributed by atoms with van der Waals surface area (Å²) < 4.78 is 11.1. The van der Waals surface area contributed by atoms with Crippen molar-refractivity contribution in [2.24, 2.45) is 0 Å². The number of para-hydroxylation sites is 2. The largest absolute Gasteiger partial charge is 0.477 e. The molecule has 0 spiro atoms. The van der Waals surface area contributed by atoms with Crippen LogP contribution in [0.15, 0.2) is 28.8 Å². The fourth-order valence-electron chi connectivity index (χ4n) is 2.71. The van der Waals surface area contributed by atoms with Gasteiger partial charge in [-0.25, -0.2) is 0 Å². The molecule has 0 saturated carbocycles. The molecule has 7 nitrogen and oxygen atoms in total. The molecule has 24 heavy (non-hydrogen) atoms. The van der Waals surface area contributed by atoms with Gasteiger partial charge in [0.1, 0.15) is 5.75 Å². The summed E-state index contributed by atoms with van der Waals surface area (Å²) >= 11 is 0. The van der Waals surface area contributed by atoms with E-state index in [-0.39, 0.29) is 5.91 Å². The average Bonchev–Trinajstić information content (AvgIpc) is 3.06. The highest BCUT2D eigenvalue weighted by Crippen LogP contribution is 2.33. The number of ether oxygens (including phenoxy) is 1. The Bertz CT molecular complexity index is 701. The summed E-state index contributed by atoms with van der Waals surface area (Å²) in [6, 6.07) is 7.66. The number of benzene rings is 1. The van der Waals surface area contributed by atoms with Gasteiger partial charge in [0.15, 0.2) is 11.9 Å². The molecule has 1 amide bonds. The Kier molecular flexibility index (Phi) is 4.98. The van der Waals surface area contributed by atoms with Crippen molar-refractivity contribution in [3.8, 4) is 5.75 Å². The number of rotatable bonds is 6. The van der Waals surface area contributed by atoms with Gasteiger partial charge < -0.3 is 19.5 Å². The van der Waals surface area contributed by atoms with Gasteiger partial charge in [-0.05, 0) is 18.6 Å². The van der Waals surface area contributed by atoms with Crippen molar-refractivity contribution < 1.29 is 14.1 Å². The SMILES string of the molecule is CCCCc1nc(CN2C[C@H](C(=O)NC)Oc3ccccc32)no1. The van der Waals surface area contributed by atoms with Crippen LogP contribution in [0.25, 0.3) is 0 Å². The zero-order valence-electron chi connectivity index (χ0n) is 14.0. The van der Waals surface area contributed by atoms with Crippen LogP contribution in [0.3, 0.4) is 0 Å². The molecule has 1 N–H and O–H groups in total. The lowest BCUT2D eigenvalue weighted by molar-refractivity contribution is -0.127. The second-order valence-corrected chi connectivity index (χ2v) is 5.78. The second kappa shape index (κ2) is 7.33. The Hall–Kier alpha value is -2.57. The smallest absolute Gasteiger partial charge is 0.262 e. The molecule has 0 fully saturated rings. The summed E-state index contributed by atoms with van der Waals surface area (Å²) in [6.07, 6.45) is 2.35. The number of aryl methyl sites for hydroxylation is 1. The molecule has 1 aliphatic heterocycles. The average molecular weight is 330 g/mol. The number of carbonyl (C=O) groups excluding carboxylic acids is 1. The molecule has 128 valence electrons. The molecule has 1 aromatic carbocycles. The minimum atomic E-state index is -0.559. The topological polar surface area (TPSA) is 80.5 Å². The van der Waals surface area contributed by atoms with Crippen molar-refractivity contribution in [3.63, 3.8) is 0 Å². The first-order valence-electron chi connectivity index (χ1n) is 8.25. The van der Waals surface area contributed by atoms with E-state index >= 15 is 0 Å². The maximum Gasteiger partial charge on any atom is 0.262 e. The van der Waals surface area contributed by atoms with E-state index in [1.807, 2.05) is 29.2 Å². The Morgan fingerprint density at radius 2 is 2.25 bits per heavy atom. The van der Waals surface area contributed by atoms with Crippen molar-refractivity contribution in [2.75, 3.05) is 18.5 Å². The number of fused-ring (bicyclic) bond motifs is 1. The van der Waals surface area contributed by atoms with Gasteiger partial charge in [-0.3, -0.25) is 4.79 Å². The Morgan fingerprint density at radius 3 is 3.04 bits per heavy atom. The number of nitrogens with one attached hydrogen (secondary N) is 1. The van der Waals surface area contributed by atoms with Gasteiger partial charge in [0, 0.05) is 13.5 Å². The van der Waals surface area contributed by atoms with E-state index in [9.17, 15) is 4.79 Å². The first-order valence-corrected chi connectivity index (χ1v) is 8.25. The second-order valence-electron chi connectivity index (χ2n) is 5.78. The van der Waals surface area contributed by atoms with Gasteiger partial charge in [0.25, 0.3) is 5.91 Å². The molecule has 0 saturated heterocycles. The molecular formula is C17H22N4O3. The van der Waals surface area contributed by atoms with Crippen LogP contribution in [-0.4, -0.2) is 35.7 Å². The first kappa shape index (κ1) is 16.3. The van der Waals surface area contributed by atoms with Gasteiger partial charge in [-0.2, -0.15) is 4.98 Å². The lowest BCUT2D eigenvalue weighted by Gasteiger charge is -2.34. The quantitative estimate of drug-likeness (QED) is 0.872. The van der Waals surface area contributed by atoms with E-state index in [0.29, 0.717) is 30.6 Å². The molecule has 1 atom stereocenters. The lowest BCUT2D eigenvalue weighted by atomic mass is 10.1. The highest BCUT2D eigenvalue weighted by atomic mass is 16.5. The fourth-order valence-corrected chi connectivity index (χ4v) is 2.71. The summed E-state index contributed by atoms with van der Waals surface area (Å²) in [4.78, 5) is 18.5. The van der Waals surface area contributed by atoms with Crippen LogP contribution in [0.5, 0.6) is 5.75 Å². The van der Waals surface area contributed by atoms with Gasteiger partial charge in [-0.15, -0.1) is 0 Å². The summed E-state index contributed by atoms with van der Waals surface area (Å²) in [5.41, 5.74) is 0.928. The molecule has 2 heterocycles. The van der Waals surface area contributed by atoms with E-state index in [1.165, 1.54) is 0 Å². The van der Waals surface area contributed by atoms with Crippen molar-refractivity contribution >= 4 is 11.6 Å². The van der Waals surface area contributed by atoms with Crippen LogP contribution in [0.4, 0.5) is 5.69 Å². The monoisotopic (exact) mass is 330 g/mol. The molecular weight excluding hydrogens is 308 g/mol. The molecule has 0 radical (unpaired) electrons. The molecule has 1 aliphatic rings.